The van der Waals surface area contributed by atoms with Crippen molar-refractivity contribution in [3.8, 4) is 11.3 Å². The van der Waals surface area contributed by atoms with E-state index >= 15 is 0 Å². The van der Waals surface area contributed by atoms with Gasteiger partial charge in [0.1, 0.15) is 0 Å². The monoisotopic (exact) mass is 321 g/mol. The molecule has 1 aliphatic heterocycles. The number of piperidine rings is 1. The van der Waals surface area contributed by atoms with Crippen LogP contribution in [0.1, 0.15) is 25.3 Å². The Morgan fingerprint density at radius 1 is 1.25 bits per heavy atom. The molecule has 2 bridgehead atoms. The molecule has 1 aromatic heterocycles. The smallest absolute Gasteiger partial charge is 0.321 e. The molecule has 1 aliphatic carbocycles. The zero-order valence-electron chi connectivity index (χ0n) is 14.2. The number of hydrogen-bond acceptors (Lipinski definition) is 2. The molecule has 2 unspecified atom stereocenters. The first-order valence-corrected chi connectivity index (χ1v) is 8.71. The molecule has 2 amide bonds. The number of benzene rings is 1. The summed E-state index contributed by atoms with van der Waals surface area (Å²) in [5, 5.41) is 3.09. The van der Waals surface area contributed by atoms with Gasteiger partial charge in [-0.05, 0) is 61.4 Å². The number of urea groups is 1. The molecule has 2 heterocycles. The maximum Gasteiger partial charge on any atom is 0.322 e. The first kappa shape index (κ1) is 15.2. The summed E-state index contributed by atoms with van der Waals surface area (Å²) in [5.41, 5.74) is 3.98. The molecule has 2 aliphatic rings. The van der Waals surface area contributed by atoms with Gasteiger partial charge in [0.15, 0.2) is 0 Å². The van der Waals surface area contributed by atoms with Gasteiger partial charge < -0.3 is 10.2 Å². The zero-order chi connectivity index (χ0) is 16.7. The van der Waals surface area contributed by atoms with Gasteiger partial charge in [-0.3, -0.25) is 4.98 Å². The Morgan fingerprint density at radius 2 is 2.12 bits per heavy atom. The van der Waals surface area contributed by atoms with E-state index in [0.717, 1.165) is 29.1 Å². The SMILES string of the molecule is Cc1ccc(NC(=O)N2CC3CC(C)[C@@H]2C3)cc1-c1ccccn1. The normalized spacial score (nSPS) is 25.1. The lowest BCUT2D eigenvalue weighted by Gasteiger charge is -2.31. The van der Waals surface area contributed by atoms with Crippen molar-refractivity contribution >= 4 is 11.7 Å². The quantitative estimate of drug-likeness (QED) is 0.895. The number of amides is 2. The number of aromatic nitrogens is 1. The van der Waals surface area contributed by atoms with Gasteiger partial charge in [0.25, 0.3) is 0 Å². The topological polar surface area (TPSA) is 45.2 Å². The van der Waals surface area contributed by atoms with E-state index in [4.69, 9.17) is 0 Å². The molecule has 124 valence electrons. The van der Waals surface area contributed by atoms with E-state index in [1.807, 2.05) is 41.3 Å². The van der Waals surface area contributed by atoms with Crippen LogP contribution in [0.15, 0.2) is 42.6 Å². The van der Waals surface area contributed by atoms with Crippen LogP contribution in [0, 0.1) is 18.8 Å². The highest BCUT2D eigenvalue weighted by Crippen LogP contribution is 2.41. The van der Waals surface area contributed by atoms with Crippen molar-refractivity contribution in [3.63, 3.8) is 0 Å². The van der Waals surface area contributed by atoms with Crippen LogP contribution in [0.5, 0.6) is 0 Å². The van der Waals surface area contributed by atoms with Crippen molar-refractivity contribution in [2.75, 3.05) is 11.9 Å². The lowest BCUT2D eigenvalue weighted by molar-refractivity contribution is 0.173. The van der Waals surface area contributed by atoms with Crippen molar-refractivity contribution in [2.45, 2.75) is 32.7 Å². The van der Waals surface area contributed by atoms with E-state index in [0.29, 0.717) is 17.9 Å². The molecule has 4 rings (SSSR count). The number of carbonyl (C=O) groups excluding carboxylic acids is 1. The van der Waals surface area contributed by atoms with E-state index in [-0.39, 0.29) is 6.03 Å². The van der Waals surface area contributed by atoms with Crippen molar-refractivity contribution in [1.29, 1.82) is 0 Å². The van der Waals surface area contributed by atoms with Crippen LogP contribution in [0.3, 0.4) is 0 Å². The fourth-order valence-electron chi connectivity index (χ4n) is 4.28. The number of pyridine rings is 1. The third kappa shape index (κ3) is 2.66. The fourth-order valence-corrected chi connectivity index (χ4v) is 4.28. The van der Waals surface area contributed by atoms with Gasteiger partial charge in [-0.2, -0.15) is 0 Å². The number of hydrogen-bond donors (Lipinski definition) is 1. The Labute approximate surface area is 142 Å². The molecule has 0 spiro atoms. The summed E-state index contributed by atoms with van der Waals surface area (Å²) in [6.07, 6.45) is 4.23. The largest absolute Gasteiger partial charge is 0.322 e. The van der Waals surface area contributed by atoms with Gasteiger partial charge in [0, 0.05) is 30.0 Å². The summed E-state index contributed by atoms with van der Waals surface area (Å²) < 4.78 is 0. The Morgan fingerprint density at radius 3 is 2.83 bits per heavy atom. The molecule has 24 heavy (non-hydrogen) atoms. The fraction of sp³-hybridized carbons (Fsp3) is 0.400. The average molecular weight is 321 g/mol. The van der Waals surface area contributed by atoms with Crippen LogP contribution >= 0.6 is 0 Å². The predicted octanol–water partition coefficient (Wildman–Crippen LogP) is 4.32. The number of nitrogens with zero attached hydrogens (tertiary/aromatic N) is 2. The summed E-state index contributed by atoms with van der Waals surface area (Å²) in [6.45, 7) is 5.23. The second kappa shape index (κ2) is 5.93. The summed E-state index contributed by atoms with van der Waals surface area (Å²) in [6, 6.07) is 12.4. The lowest BCUT2D eigenvalue weighted by Crippen LogP contribution is -2.43. The highest BCUT2D eigenvalue weighted by atomic mass is 16.2. The second-order valence-electron chi connectivity index (χ2n) is 7.21. The van der Waals surface area contributed by atoms with Crippen LogP contribution < -0.4 is 5.32 Å². The van der Waals surface area contributed by atoms with E-state index in [2.05, 4.69) is 24.1 Å². The molecule has 0 radical (unpaired) electrons. The van der Waals surface area contributed by atoms with Gasteiger partial charge in [0.05, 0.1) is 5.69 Å². The van der Waals surface area contributed by atoms with E-state index in [1.54, 1.807) is 6.20 Å². The Hall–Kier alpha value is -2.36. The van der Waals surface area contributed by atoms with Crippen LogP contribution in [0.2, 0.25) is 0 Å². The molecular weight excluding hydrogens is 298 g/mol. The number of carbonyl (C=O) groups is 1. The number of fused-ring (bicyclic) bond motifs is 2. The van der Waals surface area contributed by atoms with Gasteiger partial charge in [0.2, 0.25) is 0 Å². The standard InChI is InChI=1S/C20H23N3O/c1-13-6-7-16(11-17(13)18-5-3-4-8-21-18)22-20(24)23-12-15-9-14(2)19(23)10-15/h3-8,11,14-15,19H,9-10,12H2,1-2H3,(H,22,24)/t14?,15?,19-/m0/s1. The number of likely N-dealkylation sites (tertiary alicyclic amines) is 1. The van der Waals surface area contributed by atoms with Crippen LogP contribution in [0.25, 0.3) is 11.3 Å². The van der Waals surface area contributed by atoms with Gasteiger partial charge >= 0.3 is 6.03 Å². The third-order valence-corrected chi connectivity index (χ3v) is 5.48. The van der Waals surface area contributed by atoms with Crippen LogP contribution in [-0.4, -0.2) is 28.5 Å². The predicted molar refractivity (Wildman–Crippen MR) is 95.8 cm³/mol. The molecular formula is C20H23N3O. The summed E-state index contributed by atoms with van der Waals surface area (Å²) in [5.74, 6) is 1.31. The molecule has 3 atom stereocenters. The summed E-state index contributed by atoms with van der Waals surface area (Å²) >= 11 is 0. The average Bonchev–Trinajstić information content (AvgIpc) is 3.17. The van der Waals surface area contributed by atoms with Crippen molar-refractivity contribution in [2.24, 2.45) is 11.8 Å². The Balaban J connectivity index is 1.54. The summed E-state index contributed by atoms with van der Waals surface area (Å²) in [7, 11) is 0. The maximum absolute atomic E-state index is 12.7. The minimum absolute atomic E-state index is 0.0323. The highest BCUT2D eigenvalue weighted by Gasteiger charge is 2.44. The first-order valence-electron chi connectivity index (χ1n) is 8.71. The van der Waals surface area contributed by atoms with Gasteiger partial charge in [-0.1, -0.05) is 19.1 Å². The lowest BCUT2D eigenvalue weighted by atomic mass is 10.0. The minimum Gasteiger partial charge on any atom is -0.321 e. The number of nitrogens with one attached hydrogen (secondary N) is 1. The Bertz CT molecular complexity index is 759. The van der Waals surface area contributed by atoms with Crippen molar-refractivity contribution in [1.82, 2.24) is 9.88 Å². The molecule has 1 saturated carbocycles. The van der Waals surface area contributed by atoms with Crippen LogP contribution in [0.4, 0.5) is 10.5 Å². The molecule has 4 heteroatoms. The van der Waals surface area contributed by atoms with Crippen molar-refractivity contribution in [3.05, 3.63) is 48.2 Å². The molecule has 2 aromatic rings. The van der Waals surface area contributed by atoms with Gasteiger partial charge in [-0.25, -0.2) is 4.79 Å². The van der Waals surface area contributed by atoms with Crippen LogP contribution in [-0.2, 0) is 0 Å². The number of rotatable bonds is 2. The third-order valence-electron chi connectivity index (χ3n) is 5.48. The molecule has 1 saturated heterocycles. The van der Waals surface area contributed by atoms with Gasteiger partial charge in [-0.15, -0.1) is 0 Å². The van der Waals surface area contributed by atoms with E-state index in [9.17, 15) is 4.79 Å². The number of anilines is 1. The molecule has 1 N–H and O–H groups in total. The Kier molecular flexibility index (Phi) is 3.75. The summed E-state index contributed by atoms with van der Waals surface area (Å²) in [4.78, 5) is 19.1. The molecule has 4 nitrogen and oxygen atoms in total. The van der Waals surface area contributed by atoms with E-state index in [1.165, 1.54) is 12.8 Å². The van der Waals surface area contributed by atoms with Crippen molar-refractivity contribution < 1.29 is 4.79 Å². The highest BCUT2D eigenvalue weighted by molar-refractivity contribution is 5.91. The minimum atomic E-state index is 0.0323. The second-order valence-corrected chi connectivity index (χ2v) is 7.21. The number of aryl methyl sites for hydroxylation is 1. The molecule has 2 fully saturated rings. The maximum atomic E-state index is 12.7. The first-order chi connectivity index (χ1) is 11.6. The molecule has 1 aromatic carbocycles. The zero-order valence-corrected chi connectivity index (χ0v) is 14.2. The van der Waals surface area contributed by atoms with E-state index < -0.39 is 0 Å².